The lowest BCUT2D eigenvalue weighted by Crippen LogP contribution is -2.27. The minimum atomic E-state index is -0.0389. The maximum absolute atomic E-state index is 12.2. The van der Waals surface area contributed by atoms with Gasteiger partial charge in [-0.25, -0.2) is 0 Å². The molecule has 1 N–H and O–H groups in total. The number of nitriles is 1. The number of carbonyl (C=O) groups is 1. The second kappa shape index (κ2) is 6.58. The molecule has 0 radical (unpaired) electrons. The van der Waals surface area contributed by atoms with Crippen LogP contribution in [0.4, 0.5) is 0 Å². The first-order valence-electron chi connectivity index (χ1n) is 6.59. The Morgan fingerprint density at radius 1 is 1.19 bits per heavy atom. The SMILES string of the molecule is CN(Cc1cccc(C#N)c1)C(=O)Cc1cccc(O)c1. The summed E-state index contributed by atoms with van der Waals surface area (Å²) in [7, 11) is 1.73. The molecule has 0 fully saturated rings. The molecule has 0 spiro atoms. The molecule has 106 valence electrons. The molecule has 2 aromatic carbocycles. The van der Waals surface area contributed by atoms with Crippen LogP contribution in [0.1, 0.15) is 16.7 Å². The summed E-state index contributed by atoms with van der Waals surface area (Å²) in [6.45, 7) is 0.452. The van der Waals surface area contributed by atoms with Crippen molar-refractivity contribution in [1.29, 1.82) is 5.26 Å². The van der Waals surface area contributed by atoms with Gasteiger partial charge in [0.2, 0.25) is 5.91 Å². The van der Waals surface area contributed by atoms with Gasteiger partial charge in [-0.15, -0.1) is 0 Å². The van der Waals surface area contributed by atoms with E-state index in [1.54, 1.807) is 48.3 Å². The Hall–Kier alpha value is -2.80. The van der Waals surface area contributed by atoms with Crippen LogP contribution in [0.5, 0.6) is 5.75 Å². The van der Waals surface area contributed by atoms with Crippen molar-refractivity contribution < 1.29 is 9.90 Å². The zero-order chi connectivity index (χ0) is 15.2. The van der Waals surface area contributed by atoms with E-state index in [9.17, 15) is 9.90 Å². The molecule has 4 heteroatoms. The van der Waals surface area contributed by atoms with Crippen LogP contribution in [0.15, 0.2) is 48.5 Å². The van der Waals surface area contributed by atoms with Crippen LogP contribution in [-0.2, 0) is 17.8 Å². The number of hydrogen-bond acceptors (Lipinski definition) is 3. The molecule has 2 aromatic rings. The summed E-state index contributed by atoms with van der Waals surface area (Å²) < 4.78 is 0. The van der Waals surface area contributed by atoms with Crippen molar-refractivity contribution in [2.45, 2.75) is 13.0 Å². The van der Waals surface area contributed by atoms with E-state index < -0.39 is 0 Å². The van der Waals surface area contributed by atoms with E-state index in [2.05, 4.69) is 6.07 Å². The zero-order valence-corrected chi connectivity index (χ0v) is 11.8. The smallest absolute Gasteiger partial charge is 0.227 e. The third-order valence-corrected chi connectivity index (χ3v) is 3.17. The fourth-order valence-corrected chi connectivity index (χ4v) is 2.08. The lowest BCUT2D eigenvalue weighted by molar-refractivity contribution is -0.129. The zero-order valence-electron chi connectivity index (χ0n) is 11.8. The van der Waals surface area contributed by atoms with Crippen molar-refractivity contribution in [3.8, 4) is 11.8 Å². The Morgan fingerprint density at radius 3 is 2.62 bits per heavy atom. The Balaban J connectivity index is 2.01. The predicted octanol–water partition coefficient (Wildman–Crippen LogP) is 2.46. The number of rotatable bonds is 4. The number of benzene rings is 2. The third kappa shape index (κ3) is 4.08. The van der Waals surface area contributed by atoms with Crippen molar-refractivity contribution in [2.75, 3.05) is 7.05 Å². The van der Waals surface area contributed by atoms with Gasteiger partial charge < -0.3 is 10.0 Å². The van der Waals surface area contributed by atoms with E-state index in [4.69, 9.17) is 5.26 Å². The predicted molar refractivity (Wildman–Crippen MR) is 79.4 cm³/mol. The largest absolute Gasteiger partial charge is 0.508 e. The van der Waals surface area contributed by atoms with E-state index in [0.717, 1.165) is 11.1 Å². The van der Waals surface area contributed by atoms with Crippen LogP contribution >= 0.6 is 0 Å². The van der Waals surface area contributed by atoms with Gasteiger partial charge in [-0.05, 0) is 35.4 Å². The highest BCUT2D eigenvalue weighted by Crippen LogP contribution is 2.13. The molecule has 0 aromatic heterocycles. The number of hydrogen-bond donors (Lipinski definition) is 1. The summed E-state index contributed by atoms with van der Waals surface area (Å²) in [5.41, 5.74) is 2.28. The molecule has 0 bridgehead atoms. The highest BCUT2D eigenvalue weighted by atomic mass is 16.3. The summed E-state index contributed by atoms with van der Waals surface area (Å²) >= 11 is 0. The number of phenols is 1. The molecule has 21 heavy (non-hydrogen) atoms. The van der Waals surface area contributed by atoms with Gasteiger partial charge in [-0.2, -0.15) is 5.26 Å². The molecule has 0 aliphatic carbocycles. The van der Waals surface area contributed by atoms with Crippen molar-refractivity contribution in [1.82, 2.24) is 4.90 Å². The molecule has 0 aliphatic heterocycles. The Bertz CT molecular complexity index is 689. The minimum Gasteiger partial charge on any atom is -0.508 e. The van der Waals surface area contributed by atoms with Gasteiger partial charge >= 0.3 is 0 Å². The summed E-state index contributed by atoms with van der Waals surface area (Å²) in [6, 6.07) is 16.0. The molecule has 0 heterocycles. The van der Waals surface area contributed by atoms with Crippen molar-refractivity contribution >= 4 is 5.91 Å². The maximum Gasteiger partial charge on any atom is 0.227 e. The molecule has 4 nitrogen and oxygen atoms in total. The third-order valence-electron chi connectivity index (χ3n) is 3.17. The fourth-order valence-electron chi connectivity index (χ4n) is 2.08. The molecule has 1 amide bonds. The number of aromatic hydroxyl groups is 1. The van der Waals surface area contributed by atoms with E-state index in [1.807, 2.05) is 12.1 Å². The second-order valence-corrected chi connectivity index (χ2v) is 4.91. The van der Waals surface area contributed by atoms with Crippen molar-refractivity contribution in [3.05, 3.63) is 65.2 Å². The quantitative estimate of drug-likeness (QED) is 0.935. The van der Waals surface area contributed by atoms with Crippen LogP contribution in [-0.4, -0.2) is 23.0 Å². The van der Waals surface area contributed by atoms with Gasteiger partial charge in [0.15, 0.2) is 0 Å². The Labute approximate surface area is 123 Å². The van der Waals surface area contributed by atoms with Gasteiger partial charge in [0.25, 0.3) is 0 Å². The second-order valence-electron chi connectivity index (χ2n) is 4.91. The molecule has 0 aliphatic rings. The van der Waals surface area contributed by atoms with Gasteiger partial charge in [-0.3, -0.25) is 4.79 Å². The fraction of sp³-hybridized carbons (Fsp3) is 0.176. The molecule has 0 saturated heterocycles. The number of carbonyl (C=O) groups excluding carboxylic acids is 1. The van der Waals surface area contributed by atoms with E-state index in [1.165, 1.54) is 0 Å². The highest BCUT2D eigenvalue weighted by Gasteiger charge is 2.10. The molecule has 0 unspecified atom stereocenters. The lowest BCUT2D eigenvalue weighted by Gasteiger charge is -2.17. The van der Waals surface area contributed by atoms with Gasteiger partial charge in [0.05, 0.1) is 18.1 Å². The first-order chi connectivity index (χ1) is 10.1. The van der Waals surface area contributed by atoms with E-state index >= 15 is 0 Å². The van der Waals surface area contributed by atoms with Crippen LogP contribution in [0.2, 0.25) is 0 Å². The van der Waals surface area contributed by atoms with Crippen LogP contribution in [0.3, 0.4) is 0 Å². The van der Waals surface area contributed by atoms with E-state index in [-0.39, 0.29) is 18.1 Å². The molecule has 0 atom stereocenters. The maximum atomic E-state index is 12.2. The number of phenolic OH excluding ortho intramolecular Hbond substituents is 1. The molecule has 0 saturated carbocycles. The van der Waals surface area contributed by atoms with Crippen molar-refractivity contribution in [2.24, 2.45) is 0 Å². The molecule has 2 rings (SSSR count). The number of likely N-dealkylation sites (N-methyl/N-ethyl adjacent to an activating group) is 1. The summed E-state index contributed by atoms with van der Waals surface area (Å²) in [4.78, 5) is 13.8. The van der Waals surface area contributed by atoms with E-state index in [0.29, 0.717) is 12.1 Å². The Kier molecular flexibility index (Phi) is 4.57. The summed E-state index contributed by atoms with van der Waals surface area (Å²) in [5, 5.41) is 18.3. The summed E-state index contributed by atoms with van der Waals surface area (Å²) in [5.74, 6) is 0.118. The lowest BCUT2D eigenvalue weighted by atomic mass is 10.1. The van der Waals surface area contributed by atoms with Gasteiger partial charge in [0, 0.05) is 13.6 Å². The normalized spacial score (nSPS) is 9.90. The van der Waals surface area contributed by atoms with Crippen LogP contribution in [0, 0.1) is 11.3 Å². The summed E-state index contributed by atoms with van der Waals surface area (Å²) in [6.07, 6.45) is 0.239. The topological polar surface area (TPSA) is 64.3 Å². The monoisotopic (exact) mass is 280 g/mol. The number of nitrogens with zero attached hydrogens (tertiary/aromatic N) is 2. The standard InChI is InChI=1S/C17H16N2O2/c1-19(12-15-6-2-5-14(8-15)11-18)17(21)10-13-4-3-7-16(20)9-13/h2-9,20H,10,12H2,1H3. The highest BCUT2D eigenvalue weighted by molar-refractivity contribution is 5.78. The van der Waals surface area contributed by atoms with Crippen LogP contribution in [0.25, 0.3) is 0 Å². The average molecular weight is 280 g/mol. The van der Waals surface area contributed by atoms with Gasteiger partial charge in [-0.1, -0.05) is 24.3 Å². The van der Waals surface area contributed by atoms with Crippen molar-refractivity contribution in [3.63, 3.8) is 0 Å². The van der Waals surface area contributed by atoms with Gasteiger partial charge in [0.1, 0.15) is 5.75 Å². The average Bonchev–Trinajstić information content (AvgIpc) is 2.47. The molecular formula is C17H16N2O2. The Morgan fingerprint density at radius 2 is 1.90 bits per heavy atom. The number of amides is 1. The van der Waals surface area contributed by atoms with Crippen LogP contribution < -0.4 is 0 Å². The first-order valence-corrected chi connectivity index (χ1v) is 6.59. The minimum absolute atomic E-state index is 0.0389. The molecular weight excluding hydrogens is 264 g/mol. The first kappa shape index (κ1) is 14.6.